The second kappa shape index (κ2) is 6.45. The molecule has 0 unspecified atom stereocenters. The highest BCUT2D eigenvalue weighted by atomic mass is 16.4. The number of hydrazine groups is 1. The third kappa shape index (κ3) is 2.95. The summed E-state index contributed by atoms with van der Waals surface area (Å²) in [6.07, 6.45) is 0. The van der Waals surface area contributed by atoms with E-state index in [4.69, 9.17) is 8.83 Å². The molecule has 2 heterocycles. The fourth-order valence-corrected chi connectivity index (χ4v) is 2.91. The molecular formula is C20H14N2O5. The van der Waals surface area contributed by atoms with Gasteiger partial charge in [-0.05, 0) is 25.1 Å². The van der Waals surface area contributed by atoms with Crippen molar-refractivity contribution in [2.75, 3.05) is 10.9 Å². The number of hydrogen-bond donors (Lipinski definition) is 2. The number of anilines is 2. The maximum atomic E-state index is 12.4. The first-order valence-corrected chi connectivity index (χ1v) is 8.16. The lowest BCUT2D eigenvalue weighted by Gasteiger charge is -2.12. The minimum absolute atomic E-state index is 0.0752. The van der Waals surface area contributed by atoms with Gasteiger partial charge in [0.05, 0.1) is 5.56 Å². The first kappa shape index (κ1) is 16.6. The van der Waals surface area contributed by atoms with Crippen molar-refractivity contribution in [3.05, 3.63) is 81.0 Å². The van der Waals surface area contributed by atoms with Crippen LogP contribution in [0.25, 0.3) is 21.9 Å². The fourth-order valence-electron chi connectivity index (χ4n) is 2.91. The molecule has 0 fully saturated rings. The lowest BCUT2D eigenvalue weighted by molar-refractivity contribution is 0.101. The van der Waals surface area contributed by atoms with E-state index < -0.39 is 11.3 Å². The molecule has 2 N–H and O–H groups in total. The molecule has 134 valence electrons. The van der Waals surface area contributed by atoms with Crippen molar-refractivity contribution in [3.8, 4) is 0 Å². The Bertz CT molecular complexity index is 1300. The molecule has 7 nitrogen and oxygen atoms in total. The minimum Gasteiger partial charge on any atom is -0.421 e. The summed E-state index contributed by atoms with van der Waals surface area (Å²) < 4.78 is 10.5. The zero-order chi connectivity index (χ0) is 19.0. The number of rotatable bonds is 4. The van der Waals surface area contributed by atoms with Gasteiger partial charge in [-0.15, -0.1) is 0 Å². The van der Waals surface area contributed by atoms with Crippen LogP contribution in [0.2, 0.25) is 0 Å². The van der Waals surface area contributed by atoms with E-state index in [1.54, 1.807) is 48.5 Å². The van der Waals surface area contributed by atoms with E-state index in [-0.39, 0.29) is 22.7 Å². The molecule has 0 bridgehead atoms. The van der Waals surface area contributed by atoms with Gasteiger partial charge in [0, 0.05) is 10.8 Å². The highest BCUT2D eigenvalue weighted by molar-refractivity contribution is 6.10. The smallest absolute Gasteiger partial charge is 0.362 e. The third-order valence-corrected chi connectivity index (χ3v) is 4.13. The summed E-state index contributed by atoms with van der Waals surface area (Å²) in [6, 6.07) is 15.4. The average Bonchev–Trinajstić information content (AvgIpc) is 2.65. The molecule has 27 heavy (non-hydrogen) atoms. The highest BCUT2D eigenvalue weighted by Crippen LogP contribution is 2.24. The monoisotopic (exact) mass is 362 g/mol. The van der Waals surface area contributed by atoms with Gasteiger partial charge in [0.25, 0.3) is 0 Å². The van der Waals surface area contributed by atoms with Gasteiger partial charge < -0.3 is 8.83 Å². The summed E-state index contributed by atoms with van der Waals surface area (Å²) in [4.78, 5) is 36.6. The minimum atomic E-state index is -0.725. The largest absolute Gasteiger partial charge is 0.421 e. The van der Waals surface area contributed by atoms with Crippen molar-refractivity contribution in [1.82, 2.24) is 0 Å². The molecular weight excluding hydrogens is 348 g/mol. The van der Waals surface area contributed by atoms with Gasteiger partial charge in [-0.25, -0.2) is 9.59 Å². The summed E-state index contributed by atoms with van der Waals surface area (Å²) in [7, 11) is 0. The lowest BCUT2D eigenvalue weighted by atomic mass is 10.1. The van der Waals surface area contributed by atoms with E-state index in [0.29, 0.717) is 21.9 Å². The molecule has 7 heteroatoms. The van der Waals surface area contributed by atoms with Gasteiger partial charge >= 0.3 is 11.3 Å². The Morgan fingerprint density at radius 1 is 0.852 bits per heavy atom. The molecule has 2 aromatic heterocycles. The Morgan fingerprint density at radius 2 is 1.52 bits per heavy atom. The van der Waals surface area contributed by atoms with Crippen LogP contribution in [-0.2, 0) is 0 Å². The molecule has 2 aromatic carbocycles. The number of carbonyl (C=O) groups excluding carboxylic acids is 1. The molecule has 0 amide bonds. The third-order valence-electron chi connectivity index (χ3n) is 4.13. The van der Waals surface area contributed by atoms with Crippen LogP contribution >= 0.6 is 0 Å². The van der Waals surface area contributed by atoms with E-state index in [1.165, 1.54) is 6.92 Å². The zero-order valence-electron chi connectivity index (χ0n) is 14.2. The van der Waals surface area contributed by atoms with Crippen LogP contribution < -0.4 is 22.1 Å². The normalized spacial score (nSPS) is 10.9. The maximum Gasteiger partial charge on any atom is 0.362 e. The summed E-state index contributed by atoms with van der Waals surface area (Å²) >= 11 is 0. The van der Waals surface area contributed by atoms with Crippen molar-refractivity contribution in [3.63, 3.8) is 0 Å². The Hall–Kier alpha value is -3.87. The number of ketones is 1. The predicted octanol–water partition coefficient (Wildman–Crippen LogP) is 3.54. The van der Waals surface area contributed by atoms with Crippen LogP contribution in [-0.4, -0.2) is 5.78 Å². The quantitative estimate of drug-likeness (QED) is 0.325. The number of benzene rings is 2. The van der Waals surface area contributed by atoms with Gasteiger partial charge in [-0.1, -0.05) is 36.4 Å². The summed E-state index contributed by atoms with van der Waals surface area (Å²) in [5.41, 5.74) is 4.91. The van der Waals surface area contributed by atoms with Crippen LogP contribution in [0.1, 0.15) is 17.3 Å². The Balaban J connectivity index is 1.78. The van der Waals surface area contributed by atoms with Crippen molar-refractivity contribution >= 4 is 39.1 Å². The number of para-hydroxylation sites is 2. The van der Waals surface area contributed by atoms with Crippen molar-refractivity contribution < 1.29 is 13.6 Å². The van der Waals surface area contributed by atoms with Crippen LogP contribution in [0.3, 0.4) is 0 Å². The number of nitrogens with one attached hydrogen (secondary N) is 2. The van der Waals surface area contributed by atoms with Gasteiger partial charge in [0.2, 0.25) is 0 Å². The summed E-state index contributed by atoms with van der Waals surface area (Å²) in [5.74, 6) is -0.311. The van der Waals surface area contributed by atoms with Crippen molar-refractivity contribution in [1.29, 1.82) is 0 Å². The van der Waals surface area contributed by atoms with E-state index in [9.17, 15) is 14.4 Å². The van der Waals surface area contributed by atoms with E-state index in [0.717, 1.165) is 0 Å². The molecule has 0 aliphatic carbocycles. The number of Topliss-reactive ketones (excluding diaryl/α,β-unsaturated/α-hetero) is 1. The molecule has 4 aromatic rings. The lowest BCUT2D eigenvalue weighted by Crippen LogP contribution is -2.22. The summed E-state index contributed by atoms with van der Waals surface area (Å²) in [5, 5.41) is 1.21. The van der Waals surface area contributed by atoms with Crippen molar-refractivity contribution in [2.24, 2.45) is 0 Å². The second-order valence-electron chi connectivity index (χ2n) is 5.93. The zero-order valence-corrected chi connectivity index (χ0v) is 14.2. The van der Waals surface area contributed by atoms with E-state index >= 15 is 0 Å². The molecule has 4 rings (SSSR count). The first-order chi connectivity index (χ1) is 13.0. The number of hydrogen-bond acceptors (Lipinski definition) is 7. The van der Waals surface area contributed by atoms with Gasteiger partial charge in [0.1, 0.15) is 16.9 Å². The topological polar surface area (TPSA) is 102 Å². The maximum absolute atomic E-state index is 12.4. The first-order valence-electron chi connectivity index (χ1n) is 8.16. The molecule has 0 aliphatic heterocycles. The number of fused-ring (bicyclic) bond motifs is 2. The average molecular weight is 362 g/mol. The van der Waals surface area contributed by atoms with Crippen LogP contribution in [0, 0.1) is 0 Å². The Morgan fingerprint density at radius 3 is 2.30 bits per heavy atom. The Labute approximate surface area is 152 Å². The van der Waals surface area contributed by atoms with Gasteiger partial charge in [0.15, 0.2) is 11.5 Å². The molecule has 0 saturated heterocycles. The number of carbonyl (C=O) groups is 1. The summed E-state index contributed by atoms with van der Waals surface area (Å²) in [6.45, 7) is 1.36. The van der Waals surface area contributed by atoms with Gasteiger partial charge in [-0.2, -0.15) is 0 Å². The predicted molar refractivity (Wildman–Crippen MR) is 102 cm³/mol. The van der Waals surface area contributed by atoms with E-state index in [2.05, 4.69) is 10.9 Å². The molecule has 0 atom stereocenters. The second-order valence-corrected chi connectivity index (χ2v) is 5.93. The van der Waals surface area contributed by atoms with Crippen molar-refractivity contribution in [2.45, 2.75) is 6.92 Å². The van der Waals surface area contributed by atoms with Crippen LogP contribution in [0.15, 0.2) is 73.0 Å². The Kier molecular flexibility index (Phi) is 3.97. The van der Waals surface area contributed by atoms with Crippen LogP contribution in [0.5, 0.6) is 0 Å². The standard InChI is InChI=1S/C20H14N2O5/c1-11(23)17-13-7-3-5-9-16(13)27-20(25)18(17)22-21-14-10-12-6-2-4-8-15(12)26-19(14)24/h2-10,21-22H,1H3. The molecule has 0 aliphatic rings. The van der Waals surface area contributed by atoms with E-state index in [1.807, 2.05) is 6.07 Å². The van der Waals surface area contributed by atoms with Gasteiger partial charge in [-0.3, -0.25) is 15.6 Å². The van der Waals surface area contributed by atoms with Crippen LogP contribution in [0.4, 0.5) is 11.4 Å². The fraction of sp³-hybridized carbons (Fsp3) is 0.0500. The molecule has 0 spiro atoms. The molecule has 0 radical (unpaired) electrons. The SMILES string of the molecule is CC(=O)c1c(NNc2cc3ccccc3oc2=O)c(=O)oc2ccccc12. The highest BCUT2D eigenvalue weighted by Gasteiger charge is 2.18. The molecule has 0 saturated carbocycles.